The number of fused-ring (bicyclic) bond motifs is 1. The highest BCUT2D eigenvalue weighted by atomic mass is 16.3. The quantitative estimate of drug-likeness (QED) is 0.823. The number of hydrogen-bond acceptors (Lipinski definition) is 3. The highest BCUT2D eigenvalue weighted by Gasteiger charge is 2.43. The average Bonchev–Trinajstić information content (AvgIpc) is 2.99. The molecule has 20 heavy (non-hydrogen) atoms. The van der Waals surface area contributed by atoms with Crippen LogP contribution in [0.1, 0.15) is 51.4 Å². The van der Waals surface area contributed by atoms with Gasteiger partial charge in [-0.1, -0.05) is 12.8 Å². The van der Waals surface area contributed by atoms with E-state index in [0.717, 1.165) is 45.2 Å². The molecule has 0 spiro atoms. The lowest BCUT2D eigenvalue weighted by molar-refractivity contribution is -0.131. The molecule has 1 saturated heterocycles. The van der Waals surface area contributed by atoms with E-state index >= 15 is 0 Å². The number of hydrogen-bond donors (Lipinski definition) is 2. The number of nitrogens with two attached hydrogens (primary N) is 1. The summed E-state index contributed by atoms with van der Waals surface area (Å²) < 4.78 is 0. The fourth-order valence-electron chi connectivity index (χ4n) is 4.52. The van der Waals surface area contributed by atoms with E-state index in [-0.39, 0.29) is 6.10 Å². The van der Waals surface area contributed by atoms with Gasteiger partial charge in [0.15, 0.2) is 0 Å². The standard InChI is InChI=1S/C16H28N2O2/c17-13-3-1-2-11(8-13)4-7-16(20)18-9-12-5-6-15(19)14(12)10-18/h11-15,19H,1-10,17H2. The van der Waals surface area contributed by atoms with Crippen molar-refractivity contribution in [2.24, 2.45) is 23.5 Å². The van der Waals surface area contributed by atoms with Crippen molar-refractivity contribution >= 4 is 5.91 Å². The predicted octanol–water partition coefficient (Wildman–Crippen LogP) is 1.51. The number of carbonyl (C=O) groups excluding carboxylic acids is 1. The number of nitrogens with zero attached hydrogens (tertiary/aromatic N) is 1. The number of rotatable bonds is 3. The Bertz CT molecular complexity index is 360. The van der Waals surface area contributed by atoms with Crippen LogP contribution < -0.4 is 5.73 Å². The maximum absolute atomic E-state index is 12.3. The molecule has 1 aliphatic heterocycles. The third kappa shape index (κ3) is 3.01. The molecule has 5 atom stereocenters. The highest BCUT2D eigenvalue weighted by molar-refractivity contribution is 5.76. The molecule has 114 valence electrons. The first-order valence-corrected chi connectivity index (χ1v) is 8.35. The van der Waals surface area contributed by atoms with Gasteiger partial charge < -0.3 is 15.7 Å². The van der Waals surface area contributed by atoms with Crippen LogP contribution >= 0.6 is 0 Å². The summed E-state index contributed by atoms with van der Waals surface area (Å²) in [5.74, 6) is 1.85. The van der Waals surface area contributed by atoms with E-state index in [0.29, 0.717) is 36.1 Å². The molecule has 0 aromatic carbocycles. The zero-order chi connectivity index (χ0) is 14.1. The summed E-state index contributed by atoms with van der Waals surface area (Å²) in [5, 5.41) is 9.91. The van der Waals surface area contributed by atoms with E-state index in [1.165, 1.54) is 12.8 Å². The van der Waals surface area contributed by atoms with Gasteiger partial charge in [-0.25, -0.2) is 0 Å². The summed E-state index contributed by atoms with van der Waals surface area (Å²) in [6.07, 6.45) is 8.23. The molecule has 3 rings (SSSR count). The first kappa shape index (κ1) is 14.3. The number of aliphatic hydroxyl groups excluding tert-OH is 1. The zero-order valence-corrected chi connectivity index (χ0v) is 12.3. The van der Waals surface area contributed by atoms with Gasteiger partial charge in [0, 0.05) is 31.5 Å². The largest absolute Gasteiger partial charge is 0.393 e. The second-order valence-electron chi connectivity index (χ2n) is 7.20. The van der Waals surface area contributed by atoms with Crippen LogP contribution in [0.15, 0.2) is 0 Å². The summed E-state index contributed by atoms with van der Waals surface area (Å²) in [7, 11) is 0. The molecule has 5 unspecified atom stereocenters. The van der Waals surface area contributed by atoms with Crippen LogP contribution in [0, 0.1) is 17.8 Å². The van der Waals surface area contributed by atoms with Crippen molar-refractivity contribution in [1.82, 2.24) is 4.90 Å². The minimum absolute atomic E-state index is 0.172. The van der Waals surface area contributed by atoms with Crippen LogP contribution in [-0.2, 0) is 4.79 Å². The van der Waals surface area contributed by atoms with Crippen LogP contribution in [-0.4, -0.2) is 41.1 Å². The first-order valence-electron chi connectivity index (χ1n) is 8.35. The molecular formula is C16H28N2O2. The van der Waals surface area contributed by atoms with Gasteiger partial charge in [0.1, 0.15) is 0 Å². The summed E-state index contributed by atoms with van der Waals surface area (Å²) in [6, 6.07) is 0.352. The molecular weight excluding hydrogens is 252 g/mol. The number of likely N-dealkylation sites (tertiary alicyclic amines) is 1. The molecule has 3 N–H and O–H groups in total. The normalized spacial score (nSPS) is 40.9. The molecule has 0 bridgehead atoms. The van der Waals surface area contributed by atoms with E-state index in [1.54, 1.807) is 0 Å². The third-order valence-electron chi connectivity index (χ3n) is 5.76. The molecule has 1 heterocycles. The molecule has 1 amide bonds. The van der Waals surface area contributed by atoms with E-state index in [4.69, 9.17) is 5.73 Å². The molecule has 0 radical (unpaired) electrons. The Hall–Kier alpha value is -0.610. The van der Waals surface area contributed by atoms with Gasteiger partial charge in [-0.3, -0.25) is 4.79 Å². The van der Waals surface area contributed by atoms with Gasteiger partial charge >= 0.3 is 0 Å². The predicted molar refractivity (Wildman–Crippen MR) is 78.0 cm³/mol. The minimum Gasteiger partial charge on any atom is -0.393 e. The van der Waals surface area contributed by atoms with Gasteiger partial charge in [0.25, 0.3) is 0 Å². The Kier molecular flexibility index (Phi) is 4.32. The van der Waals surface area contributed by atoms with Crippen molar-refractivity contribution in [3.8, 4) is 0 Å². The Morgan fingerprint density at radius 3 is 2.80 bits per heavy atom. The van der Waals surface area contributed by atoms with Gasteiger partial charge in [-0.05, 0) is 43.9 Å². The molecule has 4 heteroatoms. The molecule has 0 aromatic rings. The minimum atomic E-state index is -0.172. The fraction of sp³-hybridized carbons (Fsp3) is 0.938. The Morgan fingerprint density at radius 1 is 1.20 bits per heavy atom. The maximum Gasteiger partial charge on any atom is 0.222 e. The van der Waals surface area contributed by atoms with Crippen molar-refractivity contribution < 1.29 is 9.90 Å². The van der Waals surface area contributed by atoms with Crippen molar-refractivity contribution in [2.45, 2.75) is 63.5 Å². The van der Waals surface area contributed by atoms with E-state index in [9.17, 15) is 9.90 Å². The number of carbonyl (C=O) groups is 1. The average molecular weight is 280 g/mol. The van der Waals surface area contributed by atoms with Gasteiger partial charge in [0.2, 0.25) is 5.91 Å². The van der Waals surface area contributed by atoms with Crippen LogP contribution in [0.3, 0.4) is 0 Å². The van der Waals surface area contributed by atoms with E-state index in [1.807, 2.05) is 4.90 Å². The lowest BCUT2D eigenvalue weighted by atomic mass is 9.83. The highest BCUT2D eigenvalue weighted by Crippen LogP contribution is 2.38. The molecule has 2 saturated carbocycles. The number of amides is 1. The zero-order valence-electron chi connectivity index (χ0n) is 12.3. The lowest BCUT2D eigenvalue weighted by Crippen LogP contribution is -2.32. The third-order valence-corrected chi connectivity index (χ3v) is 5.76. The first-order chi connectivity index (χ1) is 9.63. The molecule has 0 aromatic heterocycles. The SMILES string of the molecule is NC1CCCC(CCC(=O)N2CC3CCC(O)C3C2)C1. The molecule has 2 aliphatic carbocycles. The summed E-state index contributed by atoms with van der Waals surface area (Å²) >= 11 is 0. The van der Waals surface area contributed by atoms with E-state index in [2.05, 4.69) is 0 Å². The maximum atomic E-state index is 12.3. The van der Waals surface area contributed by atoms with Crippen molar-refractivity contribution in [1.29, 1.82) is 0 Å². The second-order valence-corrected chi connectivity index (χ2v) is 7.20. The van der Waals surface area contributed by atoms with Crippen molar-refractivity contribution in [3.63, 3.8) is 0 Å². The smallest absolute Gasteiger partial charge is 0.222 e. The van der Waals surface area contributed by atoms with Crippen LogP contribution in [0.4, 0.5) is 0 Å². The lowest BCUT2D eigenvalue weighted by Gasteiger charge is -2.27. The van der Waals surface area contributed by atoms with Crippen LogP contribution in [0.5, 0.6) is 0 Å². The molecule has 4 nitrogen and oxygen atoms in total. The van der Waals surface area contributed by atoms with Gasteiger partial charge in [-0.2, -0.15) is 0 Å². The molecule has 3 fully saturated rings. The number of aliphatic hydroxyl groups is 1. The topological polar surface area (TPSA) is 66.6 Å². The summed E-state index contributed by atoms with van der Waals surface area (Å²) in [6.45, 7) is 1.67. The summed E-state index contributed by atoms with van der Waals surface area (Å²) in [5.41, 5.74) is 6.01. The fourth-order valence-corrected chi connectivity index (χ4v) is 4.52. The molecule has 3 aliphatic rings. The van der Waals surface area contributed by atoms with Gasteiger partial charge in [0.05, 0.1) is 6.10 Å². The second kappa shape index (κ2) is 6.02. The van der Waals surface area contributed by atoms with Gasteiger partial charge in [-0.15, -0.1) is 0 Å². The van der Waals surface area contributed by atoms with Crippen molar-refractivity contribution in [3.05, 3.63) is 0 Å². The monoisotopic (exact) mass is 280 g/mol. The Labute approximate surface area is 121 Å². The Morgan fingerprint density at radius 2 is 2.05 bits per heavy atom. The van der Waals surface area contributed by atoms with E-state index < -0.39 is 0 Å². The Balaban J connectivity index is 1.43. The van der Waals surface area contributed by atoms with Crippen LogP contribution in [0.2, 0.25) is 0 Å². The summed E-state index contributed by atoms with van der Waals surface area (Å²) in [4.78, 5) is 14.3. The van der Waals surface area contributed by atoms with Crippen molar-refractivity contribution in [2.75, 3.05) is 13.1 Å². The van der Waals surface area contributed by atoms with Crippen LogP contribution in [0.25, 0.3) is 0 Å².